The molecule has 1 unspecified atom stereocenters. The zero-order valence-corrected chi connectivity index (χ0v) is 31.1. The summed E-state index contributed by atoms with van der Waals surface area (Å²) in [6.07, 6.45) is -0.499. The lowest BCUT2D eigenvalue weighted by Crippen LogP contribution is -2.36. The van der Waals surface area contributed by atoms with E-state index in [1.54, 1.807) is 0 Å². The van der Waals surface area contributed by atoms with Crippen LogP contribution in [-0.4, -0.2) is 16.7 Å². The average Bonchev–Trinajstić information content (AvgIpc) is 3.88. The van der Waals surface area contributed by atoms with Gasteiger partial charge in [-0.15, -0.1) is 0 Å². The third kappa shape index (κ3) is 5.16. The van der Waals surface area contributed by atoms with Gasteiger partial charge in [0.1, 0.15) is 34.0 Å². The lowest BCUT2D eigenvalue weighted by molar-refractivity contribution is 0.670. The summed E-state index contributed by atoms with van der Waals surface area (Å²) in [5, 5.41) is 11.2. The van der Waals surface area contributed by atoms with Gasteiger partial charge in [-0.25, -0.2) is 15.0 Å². The van der Waals surface area contributed by atoms with Crippen LogP contribution in [-0.2, 0) is 0 Å². The van der Waals surface area contributed by atoms with Gasteiger partial charge in [-0.2, -0.15) is 0 Å². The molecule has 1 atom stereocenters. The lowest BCUT2D eigenvalue weighted by Gasteiger charge is -2.23. The Morgan fingerprint density at radius 1 is 0.431 bits per heavy atom. The molecule has 3 aromatic heterocycles. The van der Waals surface area contributed by atoms with Crippen LogP contribution < -0.4 is 5.32 Å². The molecule has 272 valence electrons. The van der Waals surface area contributed by atoms with Crippen molar-refractivity contribution < 1.29 is 8.83 Å². The van der Waals surface area contributed by atoms with Crippen LogP contribution in [0.1, 0.15) is 22.9 Å². The molecular weight excluding hydrogens is 713 g/mol. The van der Waals surface area contributed by atoms with Gasteiger partial charge >= 0.3 is 0 Å². The minimum absolute atomic E-state index is 0.499. The predicted molar refractivity (Wildman–Crippen MR) is 237 cm³/mol. The van der Waals surface area contributed by atoms with E-state index in [1.807, 2.05) is 48.5 Å². The van der Waals surface area contributed by atoms with Crippen LogP contribution in [0, 0.1) is 0 Å². The van der Waals surface area contributed by atoms with Gasteiger partial charge in [-0.3, -0.25) is 0 Å². The fourth-order valence-corrected chi connectivity index (χ4v) is 8.55. The molecule has 0 aliphatic carbocycles. The highest BCUT2D eigenvalue weighted by Crippen LogP contribution is 2.40. The Hall–Kier alpha value is -7.83. The van der Waals surface area contributed by atoms with Gasteiger partial charge in [-0.1, -0.05) is 152 Å². The van der Waals surface area contributed by atoms with Crippen molar-refractivity contribution >= 4 is 77.2 Å². The summed E-state index contributed by atoms with van der Waals surface area (Å²) in [5.41, 5.74) is 11.2. The number of para-hydroxylation sites is 4. The zero-order chi connectivity index (χ0) is 38.2. The molecule has 1 N–H and O–H groups in total. The van der Waals surface area contributed by atoms with Crippen LogP contribution in [0.4, 0.5) is 0 Å². The maximum atomic E-state index is 6.47. The van der Waals surface area contributed by atoms with E-state index in [9.17, 15) is 0 Å². The number of hydrogen-bond acceptors (Lipinski definition) is 6. The number of amidine groups is 2. The number of furan rings is 2. The molecule has 1 aliphatic rings. The summed E-state index contributed by atoms with van der Waals surface area (Å²) in [4.78, 5) is 15.8. The Morgan fingerprint density at radius 2 is 1.05 bits per heavy atom. The monoisotopic (exact) mass is 744 g/mol. The number of nitrogens with one attached hydrogen (secondary N) is 1. The fraction of sp³-hybridized carbons (Fsp3) is 0.0192. The SMILES string of the molecule is c1cc(C2=NC(c3ccc(-c4nc5ccccc5c5oc6ccccc6c45)cc3)N=C(c3cccc4ccccc34)N2)cc(-c2cccc3c2oc2ccccc23)c1. The Balaban J connectivity index is 0.988. The van der Waals surface area contributed by atoms with Crippen LogP contribution in [0.25, 0.3) is 87.9 Å². The third-order valence-corrected chi connectivity index (χ3v) is 11.3. The van der Waals surface area contributed by atoms with E-state index in [4.69, 9.17) is 23.8 Å². The Bertz CT molecular complexity index is 3500. The molecule has 8 aromatic carbocycles. The minimum Gasteiger partial charge on any atom is -0.455 e. The standard InChI is InChI=1S/C52H32N4O2/c1-2-16-36-31(12-1)13-10-22-40(36)52-55-50(54-51(56-52)35-15-9-14-34(30-35)37-20-11-21-39-38-17-4-7-24-44(38)57-48(37)39)33-28-26-32(27-29-33)47-46-42-19-5-8-25-45(42)58-49(46)41-18-3-6-23-43(41)53-47/h1-30,50H,(H,54,55,56). The summed E-state index contributed by atoms with van der Waals surface area (Å²) in [6, 6.07) is 62.7. The van der Waals surface area contributed by atoms with E-state index in [0.29, 0.717) is 0 Å². The van der Waals surface area contributed by atoms with Gasteiger partial charge in [-0.05, 0) is 52.2 Å². The normalized spacial score (nSPS) is 14.4. The van der Waals surface area contributed by atoms with Crippen molar-refractivity contribution in [3.63, 3.8) is 0 Å². The quantitative estimate of drug-likeness (QED) is 0.190. The predicted octanol–water partition coefficient (Wildman–Crippen LogP) is 13.0. The number of rotatable bonds is 5. The van der Waals surface area contributed by atoms with Crippen molar-refractivity contribution in [1.29, 1.82) is 0 Å². The van der Waals surface area contributed by atoms with E-state index in [2.05, 4.69) is 139 Å². The number of aromatic nitrogens is 1. The third-order valence-electron chi connectivity index (χ3n) is 11.3. The second-order valence-corrected chi connectivity index (χ2v) is 14.7. The molecule has 11 aromatic rings. The molecule has 6 nitrogen and oxygen atoms in total. The molecule has 0 radical (unpaired) electrons. The number of fused-ring (bicyclic) bond motifs is 9. The fourth-order valence-electron chi connectivity index (χ4n) is 8.55. The van der Waals surface area contributed by atoms with Crippen LogP contribution in [0.15, 0.2) is 201 Å². The van der Waals surface area contributed by atoms with Crippen molar-refractivity contribution in [3.8, 4) is 22.4 Å². The number of benzene rings is 8. The second-order valence-electron chi connectivity index (χ2n) is 14.7. The summed E-state index contributed by atoms with van der Waals surface area (Å²) < 4.78 is 12.9. The van der Waals surface area contributed by atoms with Gasteiger partial charge in [0, 0.05) is 43.8 Å². The summed E-state index contributed by atoms with van der Waals surface area (Å²) in [5.74, 6) is 1.51. The molecule has 0 bridgehead atoms. The first-order chi connectivity index (χ1) is 28.7. The Morgan fingerprint density at radius 3 is 1.93 bits per heavy atom. The lowest BCUT2D eigenvalue weighted by atomic mass is 9.99. The van der Waals surface area contributed by atoms with Gasteiger partial charge < -0.3 is 14.2 Å². The van der Waals surface area contributed by atoms with Crippen LogP contribution >= 0.6 is 0 Å². The molecule has 6 heteroatoms. The first-order valence-corrected chi connectivity index (χ1v) is 19.5. The van der Waals surface area contributed by atoms with Gasteiger partial charge in [0.25, 0.3) is 0 Å². The van der Waals surface area contributed by atoms with Crippen molar-refractivity contribution in [2.24, 2.45) is 9.98 Å². The number of pyridine rings is 1. The molecule has 58 heavy (non-hydrogen) atoms. The van der Waals surface area contributed by atoms with Crippen molar-refractivity contribution in [1.82, 2.24) is 10.3 Å². The van der Waals surface area contributed by atoms with Crippen LogP contribution in [0.2, 0.25) is 0 Å². The topological polar surface area (TPSA) is 75.9 Å². The van der Waals surface area contributed by atoms with Crippen LogP contribution in [0.3, 0.4) is 0 Å². The second kappa shape index (κ2) is 12.9. The van der Waals surface area contributed by atoms with Crippen molar-refractivity contribution in [3.05, 3.63) is 199 Å². The number of nitrogens with zero attached hydrogens (tertiary/aromatic N) is 3. The largest absolute Gasteiger partial charge is 0.455 e. The first kappa shape index (κ1) is 32.4. The molecule has 1 aliphatic heterocycles. The smallest absolute Gasteiger partial charge is 0.169 e. The molecule has 0 saturated heterocycles. The maximum absolute atomic E-state index is 6.47. The van der Waals surface area contributed by atoms with Gasteiger partial charge in [0.05, 0.1) is 16.6 Å². The van der Waals surface area contributed by atoms with Crippen molar-refractivity contribution in [2.45, 2.75) is 6.17 Å². The van der Waals surface area contributed by atoms with E-state index in [1.165, 1.54) is 0 Å². The summed E-state index contributed by atoms with van der Waals surface area (Å²) in [6.45, 7) is 0. The Labute approximate surface area is 332 Å². The maximum Gasteiger partial charge on any atom is 0.169 e. The highest BCUT2D eigenvalue weighted by atomic mass is 16.3. The summed E-state index contributed by atoms with van der Waals surface area (Å²) >= 11 is 0. The average molecular weight is 745 g/mol. The number of aliphatic imine (C=N–C) groups is 2. The number of hydrogen-bond donors (Lipinski definition) is 1. The van der Waals surface area contributed by atoms with Gasteiger partial charge in [0.2, 0.25) is 0 Å². The van der Waals surface area contributed by atoms with E-state index in [0.717, 1.165) is 116 Å². The molecule has 12 rings (SSSR count). The Kier molecular flexibility index (Phi) is 7.19. The molecule has 4 heterocycles. The minimum atomic E-state index is -0.499. The molecule has 0 saturated carbocycles. The molecular formula is C52H32N4O2. The zero-order valence-electron chi connectivity index (χ0n) is 31.1. The van der Waals surface area contributed by atoms with Crippen LogP contribution in [0.5, 0.6) is 0 Å². The highest BCUT2D eigenvalue weighted by Gasteiger charge is 2.24. The molecule has 0 spiro atoms. The highest BCUT2D eigenvalue weighted by molar-refractivity contribution is 6.21. The molecule has 0 amide bonds. The van der Waals surface area contributed by atoms with E-state index >= 15 is 0 Å². The van der Waals surface area contributed by atoms with E-state index < -0.39 is 6.17 Å². The van der Waals surface area contributed by atoms with Gasteiger partial charge in [0.15, 0.2) is 6.17 Å². The van der Waals surface area contributed by atoms with E-state index in [-0.39, 0.29) is 0 Å². The first-order valence-electron chi connectivity index (χ1n) is 19.5. The molecule has 0 fully saturated rings. The van der Waals surface area contributed by atoms with Crippen molar-refractivity contribution in [2.75, 3.05) is 0 Å². The summed E-state index contributed by atoms with van der Waals surface area (Å²) in [7, 11) is 0.